The van der Waals surface area contributed by atoms with E-state index in [1.165, 1.54) is 28.2 Å². The smallest absolute Gasteiger partial charge is 0.242 e. The van der Waals surface area contributed by atoms with Gasteiger partial charge in [0.2, 0.25) is 5.91 Å². The van der Waals surface area contributed by atoms with Crippen molar-refractivity contribution in [3.63, 3.8) is 0 Å². The molecule has 2 aromatic heterocycles. The third kappa shape index (κ3) is 3.69. The normalized spacial score (nSPS) is 21.3. The third-order valence-electron chi connectivity index (χ3n) is 5.81. The number of anilines is 1. The summed E-state index contributed by atoms with van der Waals surface area (Å²) < 4.78 is 0. The second kappa shape index (κ2) is 8.14. The summed E-state index contributed by atoms with van der Waals surface area (Å²) in [5.41, 5.74) is 1.88. The number of rotatable bonds is 4. The van der Waals surface area contributed by atoms with Crippen molar-refractivity contribution in [2.24, 2.45) is 0 Å². The van der Waals surface area contributed by atoms with Gasteiger partial charge in [-0.2, -0.15) is 5.26 Å². The molecule has 1 fully saturated rings. The van der Waals surface area contributed by atoms with Crippen LogP contribution in [0.2, 0.25) is 0 Å². The van der Waals surface area contributed by atoms with Crippen LogP contribution in [-0.2, 0) is 17.6 Å². The molecule has 2 aliphatic rings. The highest BCUT2D eigenvalue weighted by Gasteiger charge is 2.34. The molecule has 1 aliphatic heterocycles. The van der Waals surface area contributed by atoms with Crippen LogP contribution in [-0.4, -0.2) is 23.4 Å². The molecule has 0 bridgehead atoms. The minimum atomic E-state index is -0.201. The van der Waals surface area contributed by atoms with E-state index in [4.69, 9.17) is 0 Å². The molecule has 1 aliphatic carbocycles. The Kier molecular flexibility index (Phi) is 5.63. The number of nitrogens with one attached hydrogen (secondary N) is 1. The van der Waals surface area contributed by atoms with E-state index in [2.05, 4.69) is 33.8 Å². The maximum absolute atomic E-state index is 13.0. The van der Waals surface area contributed by atoms with Crippen molar-refractivity contribution < 1.29 is 4.79 Å². The number of carbonyl (C=O) groups is 1. The lowest BCUT2D eigenvalue weighted by molar-refractivity contribution is -0.121. The molecule has 0 saturated carbocycles. The minimum Gasteiger partial charge on any atom is -0.315 e. The molecule has 142 valence electrons. The number of amides is 1. The number of likely N-dealkylation sites (tertiary alicyclic amines) is 1. The van der Waals surface area contributed by atoms with Gasteiger partial charge in [0.15, 0.2) is 0 Å². The minimum absolute atomic E-state index is 0.00589. The van der Waals surface area contributed by atoms with Gasteiger partial charge in [-0.15, -0.1) is 22.7 Å². The zero-order chi connectivity index (χ0) is 18.8. The van der Waals surface area contributed by atoms with Crippen LogP contribution in [0.15, 0.2) is 17.5 Å². The highest BCUT2D eigenvalue weighted by atomic mass is 32.1. The van der Waals surface area contributed by atoms with E-state index < -0.39 is 0 Å². The molecule has 0 aromatic carbocycles. The maximum Gasteiger partial charge on any atom is 0.242 e. The highest BCUT2D eigenvalue weighted by molar-refractivity contribution is 7.16. The molecule has 1 N–H and O–H groups in total. The van der Waals surface area contributed by atoms with Crippen LogP contribution < -0.4 is 5.32 Å². The topological polar surface area (TPSA) is 56.1 Å². The lowest BCUT2D eigenvalue weighted by Crippen LogP contribution is -2.41. The summed E-state index contributed by atoms with van der Waals surface area (Å²) in [7, 11) is 0. The Morgan fingerprint density at radius 3 is 2.96 bits per heavy atom. The number of carbonyl (C=O) groups excluding carboxylic acids is 1. The Bertz CT molecular complexity index is 850. The summed E-state index contributed by atoms with van der Waals surface area (Å²) in [6.07, 6.45) is 7.77. The molecular formula is C21H25N3OS2. The van der Waals surface area contributed by atoms with Gasteiger partial charge in [0.05, 0.1) is 11.6 Å². The molecule has 0 unspecified atom stereocenters. The first-order chi connectivity index (χ1) is 13.2. The van der Waals surface area contributed by atoms with Crippen LogP contribution in [0.3, 0.4) is 0 Å². The standard InChI is InChI=1S/C21H25N3OS2/c1-14(24-11-5-8-17(24)19-10-6-12-26-19)20(25)23-21-16(13-22)15-7-3-2-4-9-18(15)27-21/h6,10,12,14,17H,2-5,7-9,11H2,1H3,(H,23,25)/t14-,17-/m0/s1. The second-order valence-electron chi connectivity index (χ2n) is 7.46. The van der Waals surface area contributed by atoms with Crippen molar-refractivity contribution in [1.82, 2.24) is 4.90 Å². The van der Waals surface area contributed by atoms with Crippen LogP contribution in [0.25, 0.3) is 0 Å². The Hall–Kier alpha value is -1.68. The number of aryl methyl sites for hydroxylation is 1. The number of nitrogens with zero attached hydrogens (tertiary/aromatic N) is 2. The predicted octanol–water partition coefficient (Wildman–Crippen LogP) is 5.11. The van der Waals surface area contributed by atoms with Gasteiger partial charge >= 0.3 is 0 Å². The fraction of sp³-hybridized carbons (Fsp3) is 0.524. The zero-order valence-electron chi connectivity index (χ0n) is 15.7. The molecule has 6 heteroatoms. The molecule has 0 radical (unpaired) electrons. The number of fused-ring (bicyclic) bond motifs is 1. The van der Waals surface area contributed by atoms with Gasteiger partial charge in [0.25, 0.3) is 0 Å². The van der Waals surface area contributed by atoms with Gasteiger partial charge in [-0.3, -0.25) is 9.69 Å². The van der Waals surface area contributed by atoms with E-state index in [1.807, 2.05) is 6.92 Å². The third-order valence-corrected chi connectivity index (χ3v) is 7.99. The van der Waals surface area contributed by atoms with E-state index >= 15 is 0 Å². The van der Waals surface area contributed by atoms with Crippen molar-refractivity contribution >= 4 is 33.6 Å². The van der Waals surface area contributed by atoms with Gasteiger partial charge in [-0.05, 0) is 69.0 Å². The number of nitriles is 1. The first-order valence-corrected chi connectivity index (χ1v) is 11.5. The molecule has 0 spiro atoms. The van der Waals surface area contributed by atoms with Crippen LogP contribution in [0.1, 0.15) is 66.0 Å². The van der Waals surface area contributed by atoms with Crippen LogP contribution in [0.5, 0.6) is 0 Å². The summed E-state index contributed by atoms with van der Waals surface area (Å²) in [6.45, 7) is 2.94. The van der Waals surface area contributed by atoms with Crippen LogP contribution in [0, 0.1) is 11.3 Å². The first-order valence-electron chi connectivity index (χ1n) is 9.83. The summed E-state index contributed by atoms with van der Waals surface area (Å²) in [4.78, 5) is 18.0. The number of thiophene rings is 2. The average Bonchev–Trinajstić information content (AvgIpc) is 3.38. The van der Waals surface area contributed by atoms with E-state index in [0.29, 0.717) is 11.6 Å². The van der Waals surface area contributed by atoms with E-state index in [9.17, 15) is 10.1 Å². The molecule has 2 atom stereocenters. The SMILES string of the molecule is C[C@@H](C(=O)Nc1sc2c(c1C#N)CCCCC2)N1CCC[C@H]1c1cccs1. The monoisotopic (exact) mass is 399 g/mol. The molecule has 2 aromatic rings. The number of hydrogen-bond acceptors (Lipinski definition) is 5. The highest BCUT2D eigenvalue weighted by Crippen LogP contribution is 2.38. The predicted molar refractivity (Wildman–Crippen MR) is 111 cm³/mol. The first kappa shape index (κ1) is 18.7. The Morgan fingerprint density at radius 2 is 2.19 bits per heavy atom. The molecule has 4 rings (SSSR count). The summed E-state index contributed by atoms with van der Waals surface area (Å²) in [5, 5.41) is 15.6. The lowest BCUT2D eigenvalue weighted by Gasteiger charge is -2.29. The molecule has 4 nitrogen and oxygen atoms in total. The second-order valence-corrected chi connectivity index (χ2v) is 9.54. The van der Waals surface area contributed by atoms with Gasteiger partial charge in [0, 0.05) is 15.8 Å². The van der Waals surface area contributed by atoms with E-state index in [1.54, 1.807) is 22.7 Å². The Labute approximate surface area is 168 Å². The van der Waals surface area contributed by atoms with E-state index in [-0.39, 0.29) is 11.9 Å². The number of hydrogen-bond donors (Lipinski definition) is 1. The largest absolute Gasteiger partial charge is 0.315 e. The Morgan fingerprint density at radius 1 is 1.33 bits per heavy atom. The van der Waals surface area contributed by atoms with Gasteiger partial charge in [-0.25, -0.2) is 0 Å². The average molecular weight is 400 g/mol. The van der Waals surface area contributed by atoms with Crippen molar-refractivity contribution in [3.8, 4) is 6.07 Å². The molecule has 1 saturated heterocycles. The summed E-state index contributed by atoms with van der Waals surface area (Å²) in [5.74, 6) is 0.00589. The fourth-order valence-corrected chi connectivity index (χ4v) is 6.48. The van der Waals surface area contributed by atoms with Crippen molar-refractivity contribution in [2.45, 2.75) is 64.0 Å². The maximum atomic E-state index is 13.0. The zero-order valence-corrected chi connectivity index (χ0v) is 17.3. The van der Waals surface area contributed by atoms with Crippen LogP contribution in [0.4, 0.5) is 5.00 Å². The van der Waals surface area contributed by atoms with Gasteiger partial charge < -0.3 is 5.32 Å². The summed E-state index contributed by atoms with van der Waals surface area (Å²) in [6, 6.07) is 6.75. The molecular weight excluding hydrogens is 374 g/mol. The van der Waals surface area contributed by atoms with Crippen molar-refractivity contribution in [3.05, 3.63) is 38.4 Å². The fourth-order valence-electron chi connectivity index (χ4n) is 4.35. The molecule has 27 heavy (non-hydrogen) atoms. The van der Waals surface area contributed by atoms with E-state index in [0.717, 1.165) is 43.6 Å². The van der Waals surface area contributed by atoms with Crippen molar-refractivity contribution in [2.75, 3.05) is 11.9 Å². The Balaban J connectivity index is 1.51. The van der Waals surface area contributed by atoms with Gasteiger partial charge in [-0.1, -0.05) is 12.5 Å². The quantitative estimate of drug-likeness (QED) is 0.727. The van der Waals surface area contributed by atoms with Crippen LogP contribution >= 0.6 is 22.7 Å². The molecule has 1 amide bonds. The van der Waals surface area contributed by atoms with Gasteiger partial charge in [0.1, 0.15) is 11.1 Å². The van der Waals surface area contributed by atoms with Crippen molar-refractivity contribution in [1.29, 1.82) is 5.26 Å². The molecule has 3 heterocycles. The lowest BCUT2D eigenvalue weighted by atomic mass is 10.1. The summed E-state index contributed by atoms with van der Waals surface area (Å²) >= 11 is 3.38.